The van der Waals surface area contributed by atoms with Gasteiger partial charge in [-0.05, 0) is 35.9 Å². The standard InChI is InChI=1S/C23H14Cl2N2O2/c24-18-11-16(22(19(25)12-18)28-14-15-6-2-1-3-7-15)10-17(13-26)23-27-20-8-4-5-9-21(20)29-23/h1-12H,14H2/b17-10+. The number of benzene rings is 3. The number of oxazole rings is 1. The molecule has 3 aromatic carbocycles. The molecule has 142 valence electrons. The van der Waals surface area contributed by atoms with Gasteiger partial charge < -0.3 is 9.15 Å². The molecule has 0 N–H and O–H groups in total. The molecule has 0 amide bonds. The molecule has 0 unspecified atom stereocenters. The first-order valence-electron chi connectivity index (χ1n) is 8.77. The Labute approximate surface area is 177 Å². The van der Waals surface area contributed by atoms with Crippen molar-refractivity contribution < 1.29 is 9.15 Å². The van der Waals surface area contributed by atoms with Crippen LogP contribution in [0.1, 0.15) is 17.0 Å². The predicted octanol–water partition coefficient (Wildman–Crippen LogP) is 6.78. The zero-order valence-electron chi connectivity index (χ0n) is 15.1. The van der Waals surface area contributed by atoms with Gasteiger partial charge in [0.25, 0.3) is 0 Å². The normalized spacial score (nSPS) is 11.4. The van der Waals surface area contributed by atoms with E-state index in [-0.39, 0.29) is 11.5 Å². The first kappa shape index (κ1) is 19.1. The van der Waals surface area contributed by atoms with E-state index in [0.29, 0.717) is 39.1 Å². The lowest BCUT2D eigenvalue weighted by atomic mass is 10.1. The molecule has 0 bridgehead atoms. The molecule has 4 rings (SSSR count). The zero-order chi connectivity index (χ0) is 20.2. The Balaban J connectivity index is 1.73. The van der Waals surface area contributed by atoms with Gasteiger partial charge in [-0.25, -0.2) is 4.98 Å². The smallest absolute Gasteiger partial charge is 0.238 e. The third-order valence-electron chi connectivity index (χ3n) is 4.21. The Morgan fingerprint density at radius 1 is 1.07 bits per heavy atom. The van der Waals surface area contributed by atoms with E-state index >= 15 is 0 Å². The average Bonchev–Trinajstić information content (AvgIpc) is 3.16. The molecule has 1 aromatic heterocycles. The maximum Gasteiger partial charge on any atom is 0.238 e. The summed E-state index contributed by atoms with van der Waals surface area (Å²) in [4.78, 5) is 4.38. The molecule has 0 aliphatic rings. The fourth-order valence-corrected chi connectivity index (χ4v) is 3.42. The number of allylic oxidation sites excluding steroid dienone is 1. The van der Waals surface area contributed by atoms with Gasteiger partial charge in [0.2, 0.25) is 5.89 Å². The van der Waals surface area contributed by atoms with Crippen LogP contribution in [0.5, 0.6) is 5.75 Å². The number of aromatic nitrogens is 1. The first-order chi connectivity index (χ1) is 14.1. The lowest BCUT2D eigenvalue weighted by molar-refractivity contribution is 0.306. The van der Waals surface area contributed by atoms with E-state index < -0.39 is 0 Å². The number of nitrogens with zero attached hydrogens (tertiary/aromatic N) is 2. The fraction of sp³-hybridized carbons (Fsp3) is 0.0435. The largest absolute Gasteiger partial charge is 0.487 e. The summed E-state index contributed by atoms with van der Waals surface area (Å²) in [6, 6.07) is 22.5. The second-order valence-electron chi connectivity index (χ2n) is 6.24. The number of hydrogen-bond donors (Lipinski definition) is 0. The van der Waals surface area contributed by atoms with Crippen LogP contribution in [0.3, 0.4) is 0 Å². The summed E-state index contributed by atoms with van der Waals surface area (Å²) in [5, 5.41) is 10.5. The summed E-state index contributed by atoms with van der Waals surface area (Å²) in [5.41, 5.74) is 3.08. The molecule has 29 heavy (non-hydrogen) atoms. The van der Waals surface area contributed by atoms with Crippen LogP contribution in [0.15, 0.2) is 71.1 Å². The Morgan fingerprint density at radius 3 is 2.59 bits per heavy atom. The van der Waals surface area contributed by atoms with Crippen LogP contribution < -0.4 is 4.74 Å². The van der Waals surface area contributed by atoms with Crippen LogP contribution in [-0.2, 0) is 6.61 Å². The Morgan fingerprint density at radius 2 is 1.83 bits per heavy atom. The van der Waals surface area contributed by atoms with Gasteiger partial charge in [-0.2, -0.15) is 5.26 Å². The van der Waals surface area contributed by atoms with E-state index in [1.54, 1.807) is 24.3 Å². The second kappa shape index (κ2) is 8.40. The van der Waals surface area contributed by atoms with Crippen LogP contribution in [-0.4, -0.2) is 4.98 Å². The van der Waals surface area contributed by atoms with Gasteiger partial charge >= 0.3 is 0 Å². The number of ether oxygens (including phenoxy) is 1. The number of halogens is 2. The van der Waals surface area contributed by atoms with E-state index in [1.165, 1.54) is 0 Å². The van der Waals surface area contributed by atoms with Gasteiger partial charge in [-0.3, -0.25) is 0 Å². The third-order valence-corrected chi connectivity index (χ3v) is 4.71. The number of hydrogen-bond acceptors (Lipinski definition) is 4. The molecule has 1 heterocycles. The van der Waals surface area contributed by atoms with E-state index in [2.05, 4.69) is 11.1 Å². The number of para-hydroxylation sites is 2. The van der Waals surface area contributed by atoms with Gasteiger partial charge in [0.05, 0.1) is 5.02 Å². The summed E-state index contributed by atoms with van der Waals surface area (Å²) in [7, 11) is 0. The Bertz CT molecular complexity index is 1210. The van der Waals surface area contributed by atoms with E-state index in [4.69, 9.17) is 32.4 Å². The fourth-order valence-electron chi connectivity index (χ4n) is 2.85. The molecule has 0 aliphatic heterocycles. The van der Waals surface area contributed by atoms with Crippen LogP contribution >= 0.6 is 23.2 Å². The minimum atomic E-state index is 0.221. The number of rotatable bonds is 5. The Kier molecular flexibility index (Phi) is 5.53. The number of fused-ring (bicyclic) bond motifs is 1. The maximum atomic E-state index is 9.68. The molecule has 4 aromatic rings. The average molecular weight is 421 g/mol. The molecule has 0 saturated heterocycles. The molecule has 6 heteroatoms. The highest BCUT2D eigenvalue weighted by Crippen LogP contribution is 2.35. The minimum absolute atomic E-state index is 0.221. The van der Waals surface area contributed by atoms with Crippen molar-refractivity contribution in [2.45, 2.75) is 6.61 Å². The second-order valence-corrected chi connectivity index (χ2v) is 7.08. The van der Waals surface area contributed by atoms with Crippen LogP contribution in [0.2, 0.25) is 10.0 Å². The van der Waals surface area contributed by atoms with Crippen molar-refractivity contribution in [2.24, 2.45) is 0 Å². The highest BCUT2D eigenvalue weighted by Gasteiger charge is 2.15. The highest BCUT2D eigenvalue weighted by molar-refractivity contribution is 6.36. The molecular formula is C23H14Cl2N2O2. The van der Waals surface area contributed by atoms with Crippen LogP contribution in [0, 0.1) is 11.3 Å². The topological polar surface area (TPSA) is 59.0 Å². The monoisotopic (exact) mass is 420 g/mol. The molecule has 0 saturated carbocycles. The van der Waals surface area contributed by atoms with Crippen molar-refractivity contribution in [3.63, 3.8) is 0 Å². The maximum absolute atomic E-state index is 9.68. The van der Waals surface area contributed by atoms with E-state index in [9.17, 15) is 5.26 Å². The van der Waals surface area contributed by atoms with Crippen molar-refractivity contribution in [1.29, 1.82) is 5.26 Å². The van der Waals surface area contributed by atoms with Crippen LogP contribution in [0.4, 0.5) is 0 Å². The summed E-state index contributed by atoms with van der Waals surface area (Å²) in [5.74, 6) is 0.655. The molecule has 0 radical (unpaired) electrons. The van der Waals surface area contributed by atoms with Crippen molar-refractivity contribution in [1.82, 2.24) is 4.98 Å². The molecule has 4 nitrogen and oxygen atoms in total. The lowest BCUT2D eigenvalue weighted by Crippen LogP contribution is -1.98. The van der Waals surface area contributed by atoms with Gasteiger partial charge in [0.1, 0.15) is 29.5 Å². The van der Waals surface area contributed by atoms with Crippen molar-refractivity contribution in [3.05, 3.63) is 93.8 Å². The number of nitriles is 1. The summed E-state index contributed by atoms with van der Waals surface area (Å²) < 4.78 is 11.7. The molecular weight excluding hydrogens is 407 g/mol. The summed E-state index contributed by atoms with van der Waals surface area (Å²) in [6.45, 7) is 0.327. The van der Waals surface area contributed by atoms with Gasteiger partial charge in [0.15, 0.2) is 5.58 Å². The summed E-state index contributed by atoms with van der Waals surface area (Å²) >= 11 is 12.6. The zero-order valence-corrected chi connectivity index (χ0v) is 16.6. The molecule has 0 fully saturated rings. The molecule has 0 atom stereocenters. The SMILES string of the molecule is N#C/C(=C\c1cc(Cl)cc(Cl)c1OCc1ccccc1)c1nc2ccccc2o1. The van der Waals surface area contributed by atoms with Crippen molar-refractivity contribution >= 4 is 46.0 Å². The quantitative estimate of drug-likeness (QED) is 0.334. The predicted molar refractivity (Wildman–Crippen MR) is 115 cm³/mol. The highest BCUT2D eigenvalue weighted by atomic mass is 35.5. The van der Waals surface area contributed by atoms with Gasteiger partial charge in [0, 0.05) is 10.6 Å². The Hall–Kier alpha value is -3.26. The molecule has 0 spiro atoms. The van der Waals surface area contributed by atoms with Gasteiger partial charge in [-0.15, -0.1) is 0 Å². The van der Waals surface area contributed by atoms with E-state index in [1.807, 2.05) is 48.5 Å². The van der Waals surface area contributed by atoms with E-state index in [0.717, 1.165) is 5.56 Å². The van der Waals surface area contributed by atoms with Crippen LogP contribution in [0.25, 0.3) is 22.7 Å². The lowest BCUT2D eigenvalue weighted by Gasteiger charge is -2.12. The van der Waals surface area contributed by atoms with Crippen molar-refractivity contribution in [3.8, 4) is 11.8 Å². The minimum Gasteiger partial charge on any atom is -0.487 e. The summed E-state index contributed by atoms with van der Waals surface area (Å²) in [6.07, 6.45) is 1.61. The molecule has 0 aliphatic carbocycles. The van der Waals surface area contributed by atoms with Crippen molar-refractivity contribution in [2.75, 3.05) is 0 Å². The first-order valence-corrected chi connectivity index (χ1v) is 9.53. The third kappa shape index (κ3) is 4.27. The van der Waals surface area contributed by atoms with Gasteiger partial charge in [-0.1, -0.05) is 65.7 Å².